The van der Waals surface area contributed by atoms with E-state index in [1.54, 1.807) is 20.0 Å². The molecule has 2 fully saturated rings. The van der Waals surface area contributed by atoms with Crippen molar-refractivity contribution in [3.63, 3.8) is 0 Å². The van der Waals surface area contributed by atoms with Crippen LogP contribution in [0.2, 0.25) is 0 Å². The zero-order valence-corrected chi connectivity index (χ0v) is 28.3. The van der Waals surface area contributed by atoms with Crippen LogP contribution in [0.5, 0.6) is 11.6 Å². The number of nitrogens with two attached hydrogens (primary N) is 1. The number of nitrogens with one attached hydrogen (secondary N) is 1. The third kappa shape index (κ3) is 5.94. The van der Waals surface area contributed by atoms with Gasteiger partial charge >= 0.3 is 0 Å². The molecule has 50 heavy (non-hydrogen) atoms. The van der Waals surface area contributed by atoms with E-state index in [9.17, 15) is 14.9 Å². The van der Waals surface area contributed by atoms with Gasteiger partial charge in [0, 0.05) is 37.5 Å². The van der Waals surface area contributed by atoms with Crippen molar-refractivity contribution in [3.05, 3.63) is 64.1 Å². The second-order valence-corrected chi connectivity index (χ2v) is 13.9. The van der Waals surface area contributed by atoms with E-state index in [4.69, 9.17) is 30.7 Å². The number of fused-ring (bicyclic) bond motifs is 5. The minimum atomic E-state index is -0.846. The average Bonchev–Trinajstić information content (AvgIpc) is 3.64. The number of nitrogen functional groups attached to an aromatic ring is 1. The van der Waals surface area contributed by atoms with Gasteiger partial charge in [-0.15, -0.1) is 0 Å². The molecule has 0 radical (unpaired) electrons. The van der Waals surface area contributed by atoms with Crippen LogP contribution in [0.3, 0.4) is 0 Å². The van der Waals surface area contributed by atoms with E-state index in [1.165, 1.54) is 34.0 Å². The molecule has 4 aromatic rings. The molecule has 5 heterocycles. The highest BCUT2D eigenvalue weighted by molar-refractivity contribution is 5.76. The van der Waals surface area contributed by atoms with Crippen LogP contribution in [-0.4, -0.2) is 72.7 Å². The lowest BCUT2D eigenvalue weighted by atomic mass is 9.77. The van der Waals surface area contributed by atoms with Gasteiger partial charge in [0.2, 0.25) is 0 Å². The molecule has 2 aliphatic heterocycles. The van der Waals surface area contributed by atoms with Crippen LogP contribution in [0.4, 0.5) is 10.2 Å². The van der Waals surface area contributed by atoms with Gasteiger partial charge in [0.25, 0.3) is 5.88 Å². The van der Waals surface area contributed by atoms with Gasteiger partial charge in [-0.25, -0.2) is 19.0 Å². The number of aromatic nitrogens is 6. The predicted molar refractivity (Wildman–Crippen MR) is 181 cm³/mol. The summed E-state index contributed by atoms with van der Waals surface area (Å²) in [5.74, 6) is 0.133. The third-order valence-corrected chi connectivity index (χ3v) is 9.72. The molecule has 1 aromatic carbocycles. The van der Waals surface area contributed by atoms with Gasteiger partial charge in [0.05, 0.1) is 28.8 Å². The maximum atomic E-state index is 14.4. The minimum absolute atomic E-state index is 0.0114. The number of rotatable bonds is 6. The molecule has 3 N–H and O–H groups in total. The number of nitriles is 2. The Hall–Kier alpha value is -5.67. The highest BCUT2D eigenvalue weighted by Crippen LogP contribution is 2.47. The summed E-state index contributed by atoms with van der Waals surface area (Å²) in [4.78, 5) is 15.9. The Bertz CT molecular complexity index is 2110. The topological polar surface area (TPSA) is 193 Å². The summed E-state index contributed by atoms with van der Waals surface area (Å²) in [5.41, 5.74) is 9.27. The Morgan fingerprint density at radius 3 is 2.62 bits per heavy atom. The monoisotopic (exact) mass is 676 g/mol. The van der Waals surface area contributed by atoms with Crippen LogP contribution in [0, 0.1) is 39.3 Å². The lowest BCUT2D eigenvalue weighted by molar-refractivity contribution is 0.0387. The number of hydrogen-bond acceptors (Lipinski definition) is 12. The van der Waals surface area contributed by atoms with Crippen LogP contribution in [0.1, 0.15) is 79.2 Å². The molecule has 256 valence electrons. The van der Waals surface area contributed by atoms with Gasteiger partial charge in [0.1, 0.15) is 53.5 Å². The number of hydrogen-bond donors (Lipinski definition) is 2. The Morgan fingerprint density at radius 2 is 1.94 bits per heavy atom. The van der Waals surface area contributed by atoms with Gasteiger partial charge in [-0.3, -0.25) is 9.67 Å². The largest absolute Gasteiger partial charge is 0.487 e. The summed E-state index contributed by atoms with van der Waals surface area (Å²) < 4.78 is 30.0. The van der Waals surface area contributed by atoms with Crippen LogP contribution >= 0.6 is 0 Å². The molecular formula is C35H37FN12O2. The maximum absolute atomic E-state index is 14.4. The van der Waals surface area contributed by atoms with Crippen molar-refractivity contribution in [1.29, 1.82) is 15.9 Å². The van der Waals surface area contributed by atoms with E-state index in [0.717, 1.165) is 32.1 Å². The van der Waals surface area contributed by atoms with Gasteiger partial charge < -0.3 is 25.5 Å². The number of nitrogens with zero attached hydrogens (tertiary/aromatic N) is 10. The normalized spacial score (nSPS) is 19.6. The molecule has 3 aliphatic rings. The van der Waals surface area contributed by atoms with Crippen molar-refractivity contribution in [1.82, 2.24) is 34.4 Å². The van der Waals surface area contributed by atoms with E-state index in [1.807, 2.05) is 0 Å². The Labute approximate surface area is 288 Å². The van der Waals surface area contributed by atoms with Crippen molar-refractivity contribution >= 4 is 18.4 Å². The summed E-state index contributed by atoms with van der Waals surface area (Å²) in [6, 6.07) is 7.99. The van der Waals surface area contributed by atoms with Gasteiger partial charge in [-0.1, -0.05) is 6.92 Å². The number of aryl methyl sites for hydroxylation is 2. The Kier molecular flexibility index (Phi) is 8.11. The smallest absolute Gasteiger partial charge is 0.258 e. The first kappa shape index (κ1) is 32.9. The second kappa shape index (κ2) is 12.3. The van der Waals surface area contributed by atoms with Crippen molar-refractivity contribution < 1.29 is 13.9 Å². The molecule has 1 saturated heterocycles. The summed E-state index contributed by atoms with van der Waals surface area (Å²) in [6.45, 7) is 5.72. The highest BCUT2D eigenvalue weighted by atomic mass is 19.1. The van der Waals surface area contributed by atoms with E-state index >= 15 is 0 Å². The quantitative estimate of drug-likeness (QED) is 0.220. The molecule has 2 atom stereocenters. The number of aliphatic imine (C=N–C) groups is 1. The number of halogens is 1. The fourth-order valence-electron chi connectivity index (χ4n) is 7.27. The first-order valence-corrected chi connectivity index (χ1v) is 16.4. The maximum Gasteiger partial charge on any atom is 0.258 e. The number of likely N-dealkylation sites (tertiary alicyclic amines) is 1. The van der Waals surface area contributed by atoms with Crippen LogP contribution < -0.4 is 15.2 Å². The van der Waals surface area contributed by atoms with Gasteiger partial charge in [-0.05, 0) is 69.7 Å². The first-order chi connectivity index (χ1) is 23.9. The Morgan fingerprint density at radius 1 is 1.18 bits per heavy atom. The molecule has 1 aliphatic carbocycles. The first-order valence-electron chi connectivity index (χ1n) is 16.4. The van der Waals surface area contributed by atoms with E-state index in [0.29, 0.717) is 64.5 Å². The number of ether oxygens (including phenoxy) is 2. The number of anilines is 1. The van der Waals surface area contributed by atoms with E-state index in [-0.39, 0.29) is 22.8 Å². The molecule has 2 bridgehead atoms. The lowest BCUT2D eigenvalue weighted by Crippen LogP contribution is -2.53. The molecule has 14 nitrogen and oxygen atoms in total. The van der Waals surface area contributed by atoms with Crippen molar-refractivity contribution in [3.8, 4) is 35.0 Å². The van der Waals surface area contributed by atoms with Crippen LogP contribution in [0.25, 0.3) is 11.3 Å². The SMILES string of the molecule is CC1Oc2nc(cnc2N)-c2c(nn(C=NC(C=N)c3c(CC4(C)CN(C)C4)nn(C)c3C#N)c2C#N)CCC2(CC2)Oc2ccc(F)cc21. The molecule has 1 spiro atoms. The lowest BCUT2D eigenvalue weighted by Gasteiger charge is -2.46. The Balaban J connectivity index is 1.29. The summed E-state index contributed by atoms with van der Waals surface area (Å²) in [7, 11) is 3.77. The van der Waals surface area contributed by atoms with Crippen molar-refractivity contribution in [2.24, 2.45) is 17.5 Å². The van der Waals surface area contributed by atoms with Crippen molar-refractivity contribution in [2.75, 3.05) is 25.9 Å². The average molecular weight is 677 g/mol. The molecule has 0 amide bonds. The summed E-state index contributed by atoms with van der Waals surface area (Å²) in [6.07, 6.45) is 6.57. The van der Waals surface area contributed by atoms with Crippen molar-refractivity contribution in [2.45, 2.75) is 63.7 Å². The fraction of sp³-hybridized carbons (Fsp3) is 0.429. The van der Waals surface area contributed by atoms with Gasteiger partial charge in [-0.2, -0.15) is 20.7 Å². The van der Waals surface area contributed by atoms with E-state index < -0.39 is 23.6 Å². The van der Waals surface area contributed by atoms with Gasteiger partial charge in [0.15, 0.2) is 11.5 Å². The summed E-state index contributed by atoms with van der Waals surface area (Å²) >= 11 is 0. The zero-order valence-electron chi connectivity index (χ0n) is 28.3. The zero-order chi connectivity index (χ0) is 35.4. The van der Waals surface area contributed by atoms with Crippen LogP contribution in [-0.2, 0) is 19.9 Å². The fourth-order valence-corrected chi connectivity index (χ4v) is 7.27. The second-order valence-electron chi connectivity index (χ2n) is 13.9. The summed E-state index contributed by atoms with van der Waals surface area (Å²) in [5, 5.41) is 38.3. The molecule has 1 saturated carbocycles. The highest BCUT2D eigenvalue weighted by Gasteiger charge is 2.46. The predicted octanol–water partition coefficient (Wildman–Crippen LogP) is 4.30. The molecule has 7 rings (SSSR count). The van der Waals surface area contributed by atoms with Crippen LogP contribution in [0.15, 0.2) is 29.4 Å². The standard InChI is InChI=1S/C35H37FN12O2/c1-20-22-11-21(36)5-6-29(22)50-35(9-10-35)8-7-23-30(26-16-41-32(40)33(43-26)49-20)28(15-39)48(45-23)19-42-25(13-37)31-24(44-47(4)27(31)14-38)12-34(2)17-46(3)18-34/h5-6,11,13,16,19-20,25,37H,7-10,12,17-18H2,1-4H3,(H2,40,41). The van der Waals surface area contributed by atoms with E-state index in [2.05, 4.69) is 46.1 Å². The number of benzene rings is 1. The molecule has 15 heteroatoms. The minimum Gasteiger partial charge on any atom is -0.487 e. The molecule has 3 aromatic heterocycles. The third-order valence-electron chi connectivity index (χ3n) is 9.72. The molecule has 2 unspecified atom stereocenters. The molecular weight excluding hydrogens is 639 g/mol.